The predicted molar refractivity (Wildman–Crippen MR) is 77.1 cm³/mol. The van der Waals surface area contributed by atoms with E-state index < -0.39 is 0 Å². The molecular formula is C13H13BrClN3O. The normalized spacial score (nSPS) is 16.2. The number of hydrogen-bond donors (Lipinski definition) is 0. The molecule has 0 atom stereocenters. The van der Waals surface area contributed by atoms with Crippen molar-refractivity contribution in [3.05, 3.63) is 33.3 Å². The number of piperazine rings is 1. The molecule has 19 heavy (non-hydrogen) atoms. The first kappa shape index (κ1) is 14.3. The summed E-state index contributed by atoms with van der Waals surface area (Å²) in [5.74, 6) is 0.000138. The summed E-state index contributed by atoms with van der Waals surface area (Å²) in [4.78, 5) is 16.2. The number of amides is 1. The zero-order valence-corrected chi connectivity index (χ0v) is 12.6. The maximum Gasteiger partial charge on any atom is 0.255 e. The van der Waals surface area contributed by atoms with E-state index in [1.807, 2.05) is 9.80 Å². The van der Waals surface area contributed by atoms with Crippen LogP contribution < -0.4 is 0 Å². The zero-order chi connectivity index (χ0) is 13.8. The van der Waals surface area contributed by atoms with Gasteiger partial charge in [-0.25, -0.2) is 0 Å². The minimum Gasteiger partial charge on any atom is -0.336 e. The van der Waals surface area contributed by atoms with E-state index in [0.29, 0.717) is 34.7 Å². The van der Waals surface area contributed by atoms with Crippen molar-refractivity contribution in [3.8, 4) is 6.07 Å². The smallest absolute Gasteiger partial charge is 0.255 e. The minimum absolute atomic E-state index is 0.000138. The molecule has 0 saturated carbocycles. The van der Waals surface area contributed by atoms with E-state index in [0.717, 1.165) is 13.1 Å². The molecule has 1 aromatic carbocycles. The average molecular weight is 343 g/mol. The highest BCUT2D eigenvalue weighted by Crippen LogP contribution is 2.23. The first-order valence-electron chi connectivity index (χ1n) is 5.95. The van der Waals surface area contributed by atoms with Crippen molar-refractivity contribution in [2.24, 2.45) is 0 Å². The lowest BCUT2D eigenvalue weighted by Crippen LogP contribution is -2.48. The van der Waals surface area contributed by atoms with Gasteiger partial charge in [-0.3, -0.25) is 9.69 Å². The van der Waals surface area contributed by atoms with E-state index >= 15 is 0 Å². The first-order valence-corrected chi connectivity index (χ1v) is 7.12. The highest BCUT2D eigenvalue weighted by molar-refractivity contribution is 9.10. The molecule has 0 N–H and O–H groups in total. The Labute approximate surface area is 125 Å². The van der Waals surface area contributed by atoms with Crippen LogP contribution in [0.1, 0.15) is 10.4 Å². The van der Waals surface area contributed by atoms with Crippen LogP contribution in [-0.2, 0) is 0 Å². The van der Waals surface area contributed by atoms with Gasteiger partial charge in [0.15, 0.2) is 0 Å². The molecule has 0 aromatic heterocycles. The Bertz CT molecular complexity index is 521. The van der Waals surface area contributed by atoms with Crippen LogP contribution in [0, 0.1) is 11.3 Å². The number of nitrogens with zero attached hydrogens (tertiary/aromatic N) is 3. The fourth-order valence-corrected chi connectivity index (χ4v) is 2.89. The zero-order valence-electron chi connectivity index (χ0n) is 10.3. The van der Waals surface area contributed by atoms with Crippen molar-refractivity contribution >= 4 is 33.4 Å². The second-order valence-corrected chi connectivity index (χ2v) is 5.64. The van der Waals surface area contributed by atoms with Crippen molar-refractivity contribution in [1.29, 1.82) is 5.26 Å². The van der Waals surface area contributed by atoms with Crippen molar-refractivity contribution in [2.75, 3.05) is 32.7 Å². The van der Waals surface area contributed by atoms with Crippen molar-refractivity contribution in [2.45, 2.75) is 0 Å². The van der Waals surface area contributed by atoms with Crippen LogP contribution in [0.15, 0.2) is 22.7 Å². The molecule has 6 heteroatoms. The van der Waals surface area contributed by atoms with Gasteiger partial charge in [-0.15, -0.1) is 0 Å². The van der Waals surface area contributed by atoms with Crippen LogP contribution in [-0.4, -0.2) is 48.4 Å². The third kappa shape index (κ3) is 3.47. The molecule has 0 aliphatic carbocycles. The number of benzene rings is 1. The fourth-order valence-electron chi connectivity index (χ4n) is 2.04. The highest BCUT2D eigenvalue weighted by Gasteiger charge is 2.23. The summed E-state index contributed by atoms with van der Waals surface area (Å²) in [5, 5.41) is 9.24. The number of nitriles is 1. The maximum atomic E-state index is 12.4. The molecular weight excluding hydrogens is 330 g/mol. The van der Waals surface area contributed by atoms with Crippen LogP contribution in [0.25, 0.3) is 0 Å². The van der Waals surface area contributed by atoms with Crippen LogP contribution in [0.4, 0.5) is 0 Å². The minimum atomic E-state index is 0.000138. The summed E-state index contributed by atoms with van der Waals surface area (Å²) in [6, 6.07) is 7.30. The van der Waals surface area contributed by atoms with E-state index in [2.05, 4.69) is 22.0 Å². The van der Waals surface area contributed by atoms with Gasteiger partial charge in [-0.1, -0.05) is 11.6 Å². The third-order valence-electron chi connectivity index (χ3n) is 3.12. The SMILES string of the molecule is N#CCN1CCN(C(=O)c2ccc(Cl)cc2Br)CC1. The number of hydrogen-bond acceptors (Lipinski definition) is 3. The topological polar surface area (TPSA) is 47.3 Å². The first-order chi connectivity index (χ1) is 9.11. The van der Waals surface area contributed by atoms with Gasteiger partial charge in [-0.2, -0.15) is 5.26 Å². The van der Waals surface area contributed by atoms with Gasteiger partial charge >= 0.3 is 0 Å². The Morgan fingerprint density at radius 2 is 2.05 bits per heavy atom. The van der Waals surface area contributed by atoms with Gasteiger partial charge in [0.1, 0.15) is 0 Å². The van der Waals surface area contributed by atoms with Gasteiger partial charge in [0.25, 0.3) is 5.91 Å². The monoisotopic (exact) mass is 341 g/mol. The summed E-state index contributed by atoms with van der Waals surface area (Å²) in [6.45, 7) is 3.20. The van der Waals surface area contributed by atoms with Crippen molar-refractivity contribution in [3.63, 3.8) is 0 Å². The molecule has 1 aliphatic heterocycles. The molecule has 1 aromatic rings. The Hall–Kier alpha value is -1.09. The van der Waals surface area contributed by atoms with Crippen LogP contribution in [0.5, 0.6) is 0 Å². The summed E-state index contributed by atoms with van der Waals surface area (Å²) in [6.07, 6.45) is 0. The lowest BCUT2D eigenvalue weighted by molar-refractivity contribution is 0.0651. The van der Waals surface area contributed by atoms with Crippen molar-refractivity contribution in [1.82, 2.24) is 9.80 Å². The van der Waals surface area contributed by atoms with Crippen LogP contribution in [0.2, 0.25) is 5.02 Å². The summed E-state index contributed by atoms with van der Waals surface area (Å²) in [7, 11) is 0. The molecule has 4 nitrogen and oxygen atoms in total. The second-order valence-electron chi connectivity index (χ2n) is 4.35. The molecule has 0 spiro atoms. The molecule has 100 valence electrons. The van der Waals surface area contributed by atoms with E-state index in [1.54, 1.807) is 18.2 Å². The van der Waals surface area contributed by atoms with Crippen LogP contribution >= 0.6 is 27.5 Å². The third-order valence-corrected chi connectivity index (χ3v) is 4.01. The van der Waals surface area contributed by atoms with Gasteiger partial charge in [0.05, 0.1) is 18.2 Å². The average Bonchev–Trinajstić information content (AvgIpc) is 2.39. The number of carbonyl (C=O) groups excluding carboxylic acids is 1. The Kier molecular flexibility index (Phi) is 4.81. The fraction of sp³-hybridized carbons (Fsp3) is 0.385. The predicted octanol–water partition coefficient (Wildman–Crippen LogP) is 2.38. The Morgan fingerprint density at radius 3 is 2.63 bits per heavy atom. The lowest BCUT2D eigenvalue weighted by Gasteiger charge is -2.33. The van der Waals surface area contributed by atoms with Crippen molar-refractivity contribution < 1.29 is 4.79 Å². The Balaban J connectivity index is 2.03. The molecule has 1 saturated heterocycles. The molecule has 0 bridgehead atoms. The molecule has 2 rings (SSSR count). The quantitative estimate of drug-likeness (QED) is 0.775. The molecule has 0 radical (unpaired) electrons. The van der Waals surface area contributed by atoms with Gasteiger partial charge in [0.2, 0.25) is 0 Å². The summed E-state index contributed by atoms with van der Waals surface area (Å²) < 4.78 is 0.712. The van der Waals surface area contributed by atoms with E-state index in [9.17, 15) is 4.79 Å². The van der Waals surface area contributed by atoms with Gasteiger partial charge < -0.3 is 4.90 Å². The van der Waals surface area contributed by atoms with Gasteiger partial charge in [-0.05, 0) is 34.1 Å². The number of rotatable bonds is 2. The second kappa shape index (κ2) is 6.38. The Morgan fingerprint density at radius 1 is 1.37 bits per heavy atom. The number of carbonyl (C=O) groups is 1. The standard InChI is InChI=1S/C13H13BrClN3O/c14-12-9-10(15)1-2-11(12)13(19)18-7-5-17(4-3-16)6-8-18/h1-2,9H,4-8H2. The van der Waals surface area contributed by atoms with Crippen LogP contribution in [0.3, 0.4) is 0 Å². The maximum absolute atomic E-state index is 12.4. The van der Waals surface area contributed by atoms with Gasteiger partial charge in [0, 0.05) is 35.7 Å². The largest absolute Gasteiger partial charge is 0.336 e. The van der Waals surface area contributed by atoms with E-state index in [-0.39, 0.29) is 5.91 Å². The van der Waals surface area contributed by atoms with E-state index in [4.69, 9.17) is 16.9 Å². The molecule has 1 heterocycles. The molecule has 0 unspecified atom stereocenters. The molecule has 1 amide bonds. The molecule has 1 fully saturated rings. The van der Waals surface area contributed by atoms with E-state index in [1.165, 1.54) is 0 Å². The molecule has 1 aliphatic rings. The summed E-state index contributed by atoms with van der Waals surface area (Å²) in [5.41, 5.74) is 0.623. The summed E-state index contributed by atoms with van der Waals surface area (Å²) >= 11 is 9.23. The highest BCUT2D eigenvalue weighted by atomic mass is 79.9. The number of halogens is 2. The lowest BCUT2D eigenvalue weighted by atomic mass is 10.2.